The van der Waals surface area contributed by atoms with Gasteiger partial charge in [-0.25, -0.2) is 0 Å². The molecule has 0 amide bonds. The van der Waals surface area contributed by atoms with Crippen LogP contribution in [0.4, 0.5) is 0 Å². The summed E-state index contributed by atoms with van der Waals surface area (Å²) in [4.78, 5) is 6.84. The van der Waals surface area contributed by atoms with E-state index in [-0.39, 0.29) is 0 Å². The summed E-state index contributed by atoms with van der Waals surface area (Å²) in [6.45, 7) is 6.29. The predicted octanol–water partition coefficient (Wildman–Crippen LogP) is 1.33. The number of nitrogens with zero attached hydrogens (tertiary/aromatic N) is 3. The molecule has 0 aliphatic carbocycles. The molecule has 0 saturated carbocycles. The largest absolute Gasteiger partial charge is 0.339 e. The fraction of sp³-hybridized carbons (Fsp3) is 0.833. The second-order valence-electron chi connectivity index (χ2n) is 4.78. The number of likely N-dealkylation sites (N-methyl/N-ethyl adjacent to an activating group) is 1. The fourth-order valence-corrected chi connectivity index (χ4v) is 3.34. The lowest BCUT2D eigenvalue weighted by Gasteiger charge is -2.29. The highest BCUT2D eigenvalue weighted by Gasteiger charge is 2.25. The first-order valence-corrected chi connectivity index (χ1v) is 7.70. The maximum Gasteiger partial charge on any atom is 0.228 e. The lowest BCUT2D eigenvalue weighted by molar-refractivity contribution is 0.256. The van der Waals surface area contributed by atoms with Gasteiger partial charge < -0.3 is 9.84 Å². The minimum atomic E-state index is 0.302. The Labute approximate surface area is 113 Å². The van der Waals surface area contributed by atoms with Crippen LogP contribution in [0, 0.1) is 0 Å². The van der Waals surface area contributed by atoms with Crippen molar-refractivity contribution in [3.05, 3.63) is 11.7 Å². The van der Waals surface area contributed by atoms with Crippen molar-refractivity contribution in [2.24, 2.45) is 0 Å². The van der Waals surface area contributed by atoms with Gasteiger partial charge in [-0.3, -0.25) is 4.90 Å². The highest BCUT2D eigenvalue weighted by Crippen LogP contribution is 2.26. The first-order valence-electron chi connectivity index (χ1n) is 6.54. The first kappa shape index (κ1) is 13.8. The van der Waals surface area contributed by atoms with Crippen molar-refractivity contribution in [2.75, 3.05) is 31.6 Å². The second-order valence-corrected chi connectivity index (χ2v) is 5.93. The maximum absolute atomic E-state index is 5.35. The van der Waals surface area contributed by atoms with Crippen molar-refractivity contribution in [2.45, 2.75) is 32.4 Å². The van der Waals surface area contributed by atoms with Gasteiger partial charge in [0.2, 0.25) is 5.89 Å². The number of hydrogen-bond acceptors (Lipinski definition) is 6. The molecule has 0 bridgehead atoms. The van der Waals surface area contributed by atoms with Gasteiger partial charge in [-0.1, -0.05) is 12.1 Å². The quantitative estimate of drug-likeness (QED) is 0.871. The van der Waals surface area contributed by atoms with Crippen molar-refractivity contribution in [3.63, 3.8) is 0 Å². The Hall–Kier alpha value is -0.590. The van der Waals surface area contributed by atoms with Crippen LogP contribution in [0.3, 0.4) is 0 Å². The zero-order valence-corrected chi connectivity index (χ0v) is 12.2. The van der Waals surface area contributed by atoms with E-state index < -0.39 is 0 Å². The van der Waals surface area contributed by atoms with Gasteiger partial charge in [0.25, 0.3) is 0 Å². The van der Waals surface area contributed by atoms with Crippen LogP contribution >= 0.6 is 11.8 Å². The van der Waals surface area contributed by atoms with E-state index in [1.165, 1.54) is 5.75 Å². The average molecular weight is 270 g/mol. The molecule has 1 aromatic heterocycles. The second kappa shape index (κ2) is 6.54. The summed E-state index contributed by atoms with van der Waals surface area (Å²) in [5.41, 5.74) is 0. The number of rotatable bonds is 5. The fourth-order valence-electron chi connectivity index (χ4n) is 2.13. The minimum absolute atomic E-state index is 0.302. The molecule has 1 fully saturated rings. The summed E-state index contributed by atoms with van der Waals surface area (Å²) in [6, 6.07) is 0.678. The molecule has 18 heavy (non-hydrogen) atoms. The summed E-state index contributed by atoms with van der Waals surface area (Å²) in [5.74, 6) is 3.82. The molecule has 2 atom stereocenters. The van der Waals surface area contributed by atoms with Gasteiger partial charge in [-0.15, -0.1) is 0 Å². The third-order valence-corrected chi connectivity index (χ3v) is 4.23. The highest BCUT2D eigenvalue weighted by molar-refractivity contribution is 7.99. The molecule has 1 aliphatic rings. The van der Waals surface area contributed by atoms with Crippen molar-refractivity contribution in [1.82, 2.24) is 20.4 Å². The van der Waals surface area contributed by atoms with E-state index in [0.717, 1.165) is 37.0 Å². The van der Waals surface area contributed by atoms with Crippen molar-refractivity contribution in [1.29, 1.82) is 0 Å². The van der Waals surface area contributed by atoms with Crippen LogP contribution in [0.15, 0.2) is 4.52 Å². The van der Waals surface area contributed by atoms with Crippen molar-refractivity contribution >= 4 is 11.8 Å². The van der Waals surface area contributed by atoms with E-state index in [9.17, 15) is 0 Å². The number of thioether (sulfide) groups is 1. The molecule has 102 valence electrons. The predicted molar refractivity (Wildman–Crippen MR) is 73.8 cm³/mol. The highest BCUT2D eigenvalue weighted by atomic mass is 32.2. The van der Waals surface area contributed by atoms with Crippen LogP contribution in [-0.2, 0) is 6.42 Å². The maximum atomic E-state index is 5.35. The SMILES string of the molecule is CCNC(C)Cc1nc(C2CSCCN2C)no1. The van der Waals surface area contributed by atoms with Gasteiger partial charge in [0.05, 0.1) is 6.04 Å². The molecule has 0 radical (unpaired) electrons. The monoisotopic (exact) mass is 270 g/mol. The van der Waals surface area contributed by atoms with Crippen LogP contribution in [-0.4, -0.2) is 52.7 Å². The molecule has 1 saturated heterocycles. The van der Waals surface area contributed by atoms with Crippen molar-refractivity contribution < 1.29 is 4.52 Å². The Bertz CT molecular complexity index is 371. The normalized spacial score (nSPS) is 23.2. The summed E-state index contributed by atoms with van der Waals surface area (Å²) >= 11 is 1.96. The van der Waals surface area contributed by atoms with E-state index in [1.807, 2.05) is 11.8 Å². The molecular formula is C12H22N4OS. The summed E-state index contributed by atoms with van der Waals surface area (Å²) < 4.78 is 5.35. The zero-order valence-electron chi connectivity index (χ0n) is 11.3. The molecule has 0 spiro atoms. The van der Waals surface area contributed by atoms with E-state index in [1.54, 1.807) is 0 Å². The van der Waals surface area contributed by atoms with E-state index in [0.29, 0.717) is 12.1 Å². The van der Waals surface area contributed by atoms with E-state index in [2.05, 4.69) is 41.3 Å². The van der Waals surface area contributed by atoms with Gasteiger partial charge in [0, 0.05) is 30.5 Å². The standard InChI is InChI=1S/C12H22N4OS/c1-4-13-9(2)7-11-14-12(15-17-11)10-8-18-6-5-16(10)3/h9-10,13H,4-8H2,1-3H3. The van der Waals surface area contributed by atoms with Crippen LogP contribution in [0.1, 0.15) is 31.6 Å². The third-order valence-electron chi connectivity index (χ3n) is 3.21. The smallest absolute Gasteiger partial charge is 0.228 e. The lowest BCUT2D eigenvalue weighted by Crippen LogP contribution is -2.33. The van der Waals surface area contributed by atoms with E-state index >= 15 is 0 Å². The molecule has 6 heteroatoms. The molecule has 2 unspecified atom stereocenters. The summed E-state index contributed by atoms with van der Waals surface area (Å²) in [6.07, 6.45) is 0.796. The Balaban J connectivity index is 1.96. The van der Waals surface area contributed by atoms with Crippen LogP contribution in [0.5, 0.6) is 0 Å². The first-order chi connectivity index (χ1) is 8.70. The molecule has 2 heterocycles. The molecule has 2 rings (SSSR count). The average Bonchev–Trinajstić information content (AvgIpc) is 2.78. The third kappa shape index (κ3) is 3.46. The minimum Gasteiger partial charge on any atom is -0.339 e. The van der Waals surface area contributed by atoms with Gasteiger partial charge in [0.1, 0.15) is 0 Å². The number of nitrogens with one attached hydrogen (secondary N) is 1. The Morgan fingerprint density at radius 3 is 3.17 bits per heavy atom. The summed E-state index contributed by atoms with van der Waals surface area (Å²) in [7, 11) is 2.13. The van der Waals surface area contributed by atoms with Gasteiger partial charge in [-0.2, -0.15) is 16.7 Å². The Morgan fingerprint density at radius 1 is 1.61 bits per heavy atom. The van der Waals surface area contributed by atoms with Crippen LogP contribution < -0.4 is 5.32 Å². The van der Waals surface area contributed by atoms with Crippen molar-refractivity contribution in [3.8, 4) is 0 Å². The number of hydrogen-bond donors (Lipinski definition) is 1. The zero-order chi connectivity index (χ0) is 13.0. The summed E-state index contributed by atoms with van der Waals surface area (Å²) in [5, 5.41) is 7.48. The molecular weight excluding hydrogens is 248 g/mol. The van der Waals surface area contributed by atoms with E-state index in [4.69, 9.17) is 4.52 Å². The molecule has 1 aliphatic heterocycles. The molecule has 1 N–H and O–H groups in total. The van der Waals surface area contributed by atoms with Gasteiger partial charge in [0.15, 0.2) is 5.82 Å². The van der Waals surface area contributed by atoms with Crippen LogP contribution in [0.2, 0.25) is 0 Å². The number of aromatic nitrogens is 2. The topological polar surface area (TPSA) is 54.2 Å². The van der Waals surface area contributed by atoms with Crippen LogP contribution in [0.25, 0.3) is 0 Å². The molecule has 5 nitrogen and oxygen atoms in total. The van der Waals surface area contributed by atoms with Gasteiger partial charge in [-0.05, 0) is 20.5 Å². The Morgan fingerprint density at radius 2 is 2.44 bits per heavy atom. The Kier molecular flexibility index (Phi) is 5.03. The lowest BCUT2D eigenvalue weighted by atomic mass is 10.2. The molecule has 1 aromatic rings. The van der Waals surface area contributed by atoms with Gasteiger partial charge >= 0.3 is 0 Å². The molecule has 0 aromatic carbocycles.